The zero-order chi connectivity index (χ0) is 17.2. The van der Waals surface area contributed by atoms with E-state index in [0.717, 1.165) is 11.3 Å². The molecule has 0 saturated carbocycles. The van der Waals surface area contributed by atoms with Gasteiger partial charge in [0.05, 0.1) is 29.7 Å². The van der Waals surface area contributed by atoms with E-state index in [1.807, 2.05) is 30.3 Å². The lowest BCUT2D eigenvalue weighted by molar-refractivity contribution is -0.132. The molecule has 0 aliphatic carbocycles. The van der Waals surface area contributed by atoms with E-state index in [4.69, 9.17) is 4.52 Å². The van der Waals surface area contributed by atoms with Gasteiger partial charge in [-0.3, -0.25) is 4.79 Å². The number of rotatable bonds is 3. The molecular formula is C17H20N2O4S. The molecule has 128 valence electrons. The Bertz CT molecular complexity index is 814. The van der Waals surface area contributed by atoms with Crippen molar-refractivity contribution in [3.8, 4) is 0 Å². The van der Waals surface area contributed by atoms with Crippen molar-refractivity contribution < 1.29 is 17.7 Å². The van der Waals surface area contributed by atoms with Crippen molar-refractivity contribution in [2.75, 3.05) is 18.1 Å². The van der Waals surface area contributed by atoms with Gasteiger partial charge < -0.3 is 9.42 Å². The summed E-state index contributed by atoms with van der Waals surface area (Å²) in [5, 5.41) is 3.79. The lowest BCUT2D eigenvalue weighted by atomic mass is 10.1. The summed E-state index contributed by atoms with van der Waals surface area (Å²) in [5.74, 6) is 0.424. The van der Waals surface area contributed by atoms with Crippen molar-refractivity contribution in [1.82, 2.24) is 10.1 Å². The molecule has 0 N–H and O–H groups in total. The molecule has 1 aliphatic rings. The van der Waals surface area contributed by atoms with Gasteiger partial charge in [-0.15, -0.1) is 0 Å². The molecule has 1 aromatic carbocycles. The second-order valence-corrected chi connectivity index (χ2v) is 8.32. The van der Waals surface area contributed by atoms with Crippen molar-refractivity contribution in [2.24, 2.45) is 0 Å². The van der Waals surface area contributed by atoms with Gasteiger partial charge in [-0.05, 0) is 18.9 Å². The number of benzene rings is 1. The maximum atomic E-state index is 12.8. The summed E-state index contributed by atoms with van der Waals surface area (Å²) < 4.78 is 29.6. The fraction of sp³-hybridized carbons (Fsp3) is 0.412. The van der Waals surface area contributed by atoms with Crippen molar-refractivity contribution in [3.05, 3.63) is 53.4 Å². The van der Waals surface area contributed by atoms with E-state index in [1.54, 1.807) is 17.9 Å². The van der Waals surface area contributed by atoms with E-state index in [2.05, 4.69) is 5.16 Å². The lowest BCUT2D eigenvalue weighted by Crippen LogP contribution is -2.37. The number of carbonyl (C=O) groups excluding carboxylic acids is 1. The first kappa shape index (κ1) is 16.7. The molecule has 7 heteroatoms. The monoisotopic (exact) mass is 348 g/mol. The quantitative estimate of drug-likeness (QED) is 0.846. The van der Waals surface area contributed by atoms with Crippen molar-refractivity contribution in [3.63, 3.8) is 0 Å². The minimum Gasteiger partial charge on any atom is -0.361 e. The summed E-state index contributed by atoms with van der Waals surface area (Å²) in [7, 11) is -3.18. The molecule has 1 aromatic heterocycles. The molecule has 1 amide bonds. The largest absolute Gasteiger partial charge is 0.361 e. The molecular weight excluding hydrogens is 328 g/mol. The minimum atomic E-state index is -3.18. The third-order valence-electron chi connectivity index (χ3n) is 4.15. The summed E-state index contributed by atoms with van der Waals surface area (Å²) in [6.45, 7) is 2.22. The Morgan fingerprint density at radius 3 is 2.75 bits per heavy atom. The smallest absolute Gasteiger partial charge is 0.230 e. The second-order valence-electron chi connectivity index (χ2n) is 6.09. The van der Waals surface area contributed by atoms with Crippen LogP contribution in [0.5, 0.6) is 0 Å². The van der Waals surface area contributed by atoms with E-state index in [0.29, 0.717) is 18.7 Å². The maximum Gasteiger partial charge on any atom is 0.230 e. The Kier molecular flexibility index (Phi) is 4.71. The Hall–Kier alpha value is -2.15. The summed E-state index contributed by atoms with van der Waals surface area (Å²) in [6, 6.07) is 10.6. The van der Waals surface area contributed by atoms with Crippen LogP contribution in [0, 0.1) is 6.92 Å². The van der Waals surface area contributed by atoms with Crippen LogP contribution >= 0.6 is 0 Å². The molecule has 0 radical (unpaired) electrons. The van der Waals surface area contributed by atoms with Crippen LogP contribution < -0.4 is 0 Å². The highest BCUT2D eigenvalue weighted by Crippen LogP contribution is 2.27. The van der Waals surface area contributed by atoms with Crippen molar-refractivity contribution >= 4 is 15.7 Å². The number of hydrogen-bond acceptors (Lipinski definition) is 5. The predicted molar refractivity (Wildman–Crippen MR) is 89.1 cm³/mol. The van der Waals surface area contributed by atoms with Crippen LogP contribution in [0.15, 0.2) is 40.9 Å². The SMILES string of the molecule is Cc1cc(CC(=O)N2CCCS(=O)(=O)CC2c2ccccc2)on1. The number of nitrogens with zero attached hydrogens (tertiary/aromatic N) is 2. The molecule has 6 nitrogen and oxygen atoms in total. The average molecular weight is 348 g/mol. The standard InChI is InChI=1S/C17H20N2O4S/c1-13-10-15(23-18-13)11-17(20)19-8-5-9-24(21,22)12-16(19)14-6-3-2-4-7-14/h2-4,6-7,10,16H,5,8-9,11-12H2,1H3. The van der Waals surface area contributed by atoms with Gasteiger partial charge in [0.2, 0.25) is 5.91 Å². The van der Waals surface area contributed by atoms with E-state index >= 15 is 0 Å². The molecule has 1 saturated heterocycles. The zero-order valence-corrected chi connectivity index (χ0v) is 14.3. The molecule has 1 fully saturated rings. The van der Waals surface area contributed by atoms with E-state index in [-0.39, 0.29) is 23.8 Å². The average Bonchev–Trinajstić information content (AvgIpc) is 2.87. The van der Waals surface area contributed by atoms with Gasteiger partial charge in [-0.1, -0.05) is 35.5 Å². The Morgan fingerprint density at radius 2 is 2.08 bits per heavy atom. The first-order chi connectivity index (χ1) is 11.4. The van der Waals surface area contributed by atoms with Gasteiger partial charge in [0, 0.05) is 12.6 Å². The van der Waals surface area contributed by atoms with Crippen LogP contribution in [-0.2, 0) is 21.1 Å². The zero-order valence-electron chi connectivity index (χ0n) is 13.5. The van der Waals surface area contributed by atoms with Crippen molar-refractivity contribution in [1.29, 1.82) is 0 Å². The molecule has 1 atom stereocenters. The van der Waals surface area contributed by atoms with Crippen LogP contribution in [-0.4, -0.2) is 42.4 Å². The van der Waals surface area contributed by atoms with Crippen LogP contribution in [0.1, 0.15) is 29.5 Å². The Labute approximate surface area is 141 Å². The number of amides is 1. The molecule has 0 spiro atoms. The first-order valence-corrected chi connectivity index (χ1v) is 9.74. The summed E-state index contributed by atoms with van der Waals surface area (Å²) in [4.78, 5) is 14.4. The van der Waals surface area contributed by atoms with Crippen LogP contribution in [0.4, 0.5) is 0 Å². The highest BCUT2D eigenvalue weighted by molar-refractivity contribution is 7.91. The van der Waals surface area contributed by atoms with Gasteiger partial charge in [0.15, 0.2) is 9.84 Å². The predicted octanol–water partition coefficient (Wildman–Crippen LogP) is 1.91. The number of sulfone groups is 1. The van der Waals surface area contributed by atoms with Crippen LogP contribution in [0.25, 0.3) is 0 Å². The molecule has 24 heavy (non-hydrogen) atoms. The maximum absolute atomic E-state index is 12.8. The highest BCUT2D eigenvalue weighted by atomic mass is 32.2. The van der Waals surface area contributed by atoms with E-state index in [9.17, 15) is 13.2 Å². The fourth-order valence-electron chi connectivity index (χ4n) is 3.02. The fourth-order valence-corrected chi connectivity index (χ4v) is 4.61. The molecule has 1 aliphatic heterocycles. The topological polar surface area (TPSA) is 80.5 Å². The Morgan fingerprint density at radius 1 is 1.33 bits per heavy atom. The highest BCUT2D eigenvalue weighted by Gasteiger charge is 2.33. The molecule has 2 aromatic rings. The normalized spacial score (nSPS) is 20.5. The second kappa shape index (κ2) is 6.76. The molecule has 1 unspecified atom stereocenters. The third kappa shape index (κ3) is 3.84. The van der Waals surface area contributed by atoms with Gasteiger partial charge in [-0.25, -0.2) is 8.42 Å². The van der Waals surface area contributed by atoms with Gasteiger partial charge in [0.25, 0.3) is 0 Å². The van der Waals surface area contributed by atoms with Gasteiger partial charge >= 0.3 is 0 Å². The van der Waals surface area contributed by atoms with E-state index in [1.165, 1.54) is 0 Å². The molecule has 2 heterocycles. The third-order valence-corrected chi connectivity index (χ3v) is 5.88. The van der Waals surface area contributed by atoms with Crippen molar-refractivity contribution in [2.45, 2.75) is 25.8 Å². The van der Waals surface area contributed by atoms with E-state index < -0.39 is 15.9 Å². The lowest BCUT2D eigenvalue weighted by Gasteiger charge is -2.29. The molecule has 3 rings (SSSR count). The summed E-state index contributed by atoms with van der Waals surface area (Å²) >= 11 is 0. The van der Waals surface area contributed by atoms with Gasteiger partial charge in [0.1, 0.15) is 5.76 Å². The number of aromatic nitrogens is 1. The summed E-state index contributed by atoms with van der Waals surface area (Å²) in [5.41, 5.74) is 1.56. The number of carbonyl (C=O) groups is 1. The minimum absolute atomic E-state index is 0.0435. The first-order valence-electron chi connectivity index (χ1n) is 7.92. The van der Waals surface area contributed by atoms with Crippen LogP contribution in [0.3, 0.4) is 0 Å². The molecule has 0 bridgehead atoms. The van der Waals surface area contributed by atoms with Crippen LogP contribution in [0.2, 0.25) is 0 Å². The summed E-state index contributed by atoms with van der Waals surface area (Å²) in [6.07, 6.45) is 0.539. The number of hydrogen-bond donors (Lipinski definition) is 0. The Balaban J connectivity index is 1.88. The van der Waals surface area contributed by atoms with Gasteiger partial charge in [-0.2, -0.15) is 0 Å². The number of aryl methyl sites for hydroxylation is 1.